The molecular weight excluding hydrogens is 332 g/mol. The van der Waals surface area contributed by atoms with Crippen molar-refractivity contribution in [3.05, 3.63) is 41.7 Å². The van der Waals surface area contributed by atoms with Crippen molar-refractivity contribution >= 4 is 5.91 Å². The Bertz CT molecular complexity index is 886. The summed E-state index contributed by atoms with van der Waals surface area (Å²) in [6, 6.07) is 5.77. The maximum Gasteiger partial charge on any atom is 0.231 e. The quantitative estimate of drug-likeness (QED) is 0.776. The zero-order valence-corrected chi connectivity index (χ0v) is 14.4. The molecule has 0 fully saturated rings. The molecule has 1 aromatic heterocycles. The largest absolute Gasteiger partial charge is 0.454 e. The molecule has 3 aliphatic rings. The van der Waals surface area contributed by atoms with Crippen LogP contribution in [0.3, 0.4) is 0 Å². The topological polar surface area (TPSA) is 64.8 Å². The maximum atomic E-state index is 12.9. The minimum atomic E-state index is 0.107. The first-order valence-corrected chi connectivity index (χ1v) is 9.11. The van der Waals surface area contributed by atoms with Crippen LogP contribution in [-0.2, 0) is 17.8 Å². The molecule has 134 valence electrons. The van der Waals surface area contributed by atoms with E-state index in [1.165, 1.54) is 0 Å². The Labute approximate surface area is 151 Å². The van der Waals surface area contributed by atoms with Crippen molar-refractivity contribution < 1.29 is 18.8 Å². The number of hydrogen-bond donors (Lipinski definition) is 0. The van der Waals surface area contributed by atoms with Crippen LogP contribution in [-0.4, -0.2) is 29.3 Å². The molecule has 0 N–H and O–H groups in total. The summed E-state index contributed by atoms with van der Waals surface area (Å²) in [6.07, 6.45) is 7.78. The second-order valence-electron chi connectivity index (χ2n) is 6.99. The van der Waals surface area contributed by atoms with E-state index in [0.29, 0.717) is 19.5 Å². The minimum absolute atomic E-state index is 0.107. The highest BCUT2D eigenvalue weighted by Gasteiger charge is 2.31. The lowest BCUT2D eigenvalue weighted by molar-refractivity contribution is -0.136. The number of rotatable bonds is 2. The third-order valence-electron chi connectivity index (χ3n) is 5.40. The van der Waals surface area contributed by atoms with Crippen molar-refractivity contribution in [1.29, 1.82) is 0 Å². The molecule has 0 saturated heterocycles. The molecule has 1 unspecified atom stereocenters. The number of carbonyl (C=O) groups excluding carboxylic acids is 1. The number of benzene rings is 1. The van der Waals surface area contributed by atoms with Gasteiger partial charge in [0, 0.05) is 30.0 Å². The highest BCUT2D eigenvalue weighted by atomic mass is 16.7. The van der Waals surface area contributed by atoms with E-state index < -0.39 is 0 Å². The van der Waals surface area contributed by atoms with Crippen molar-refractivity contribution in [3.8, 4) is 22.8 Å². The van der Waals surface area contributed by atoms with E-state index in [1.807, 2.05) is 23.1 Å². The third-order valence-corrected chi connectivity index (χ3v) is 5.40. The van der Waals surface area contributed by atoms with Crippen LogP contribution in [0, 0.1) is 5.92 Å². The zero-order chi connectivity index (χ0) is 17.5. The lowest BCUT2D eigenvalue weighted by atomic mass is 9.92. The Hall–Kier alpha value is -2.76. The Morgan fingerprint density at radius 3 is 3.00 bits per heavy atom. The molecule has 0 saturated carbocycles. The molecule has 26 heavy (non-hydrogen) atoms. The molecule has 0 spiro atoms. The van der Waals surface area contributed by atoms with Gasteiger partial charge in [-0.15, -0.1) is 0 Å². The van der Waals surface area contributed by atoms with Gasteiger partial charge in [0.05, 0.1) is 6.54 Å². The van der Waals surface area contributed by atoms with E-state index in [-0.39, 0.29) is 18.6 Å². The summed E-state index contributed by atoms with van der Waals surface area (Å²) in [6.45, 7) is 1.50. The summed E-state index contributed by atoms with van der Waals surface area (Å²) in [7, 11) is 0. The monoisotopic (exact) mass is 352 g/mol. The summed E-state index contributed by atoms with van der Waals surface area (Å²) >= 11 is 0. The molecule has 1 aromatic carbocycles. The van der Waals surface area contributed by atoms with E-state index in [2.05, 4.69) is 17.3 Å². The number of ether oxygens (including phenoxy) is 2. The summed E-state index contributed by atoms with van der Waals surface area (Å²) in [5.74, 6) is 2.70. The number of amides is 1. The van der Waals surface area contributed by atoms with Crippen molar-refractivity contribution in [2.45, 2.75) is 32.2 Å². The standard InChI is InChI=1S/C20H20N2O4/c23-20(13-4-2-1-3-5-13)22-9-8-16-15(11-22)19(21-26-16)14-6-7-17-18(10-14)25-12-24-17/h1-2,6-7,10,13H,3-5,8-9,11-12H2. The van der Waals surface area contributed by atoms with Gasteiger partial charge >= 0.3 is 0 Å². The van der Waals surface area contributed by atoms with Gasteiger partial charge in [-0.05, 0) is 37.5 Å². The van der Waals surface area contributed by atoms with Gasteiger partial charge < -0.3 is 18.9 Å². The number of hydrogen-bond acceptors (Lipinski definition) is 5. The summed E-state index contributed by atoms with van der Waals surface area (Å²) in [4.78, 5) is 14.8. The average Bonchev–Trinajstić information content (AvgIpc) is 3.33. The fourth-order valence-corrected chi connectivity index (χ4v) is 3.94. The van der Waals surface area contributed by atoms with E-state index >= 15 is 0 Å². The zero-order valence-electron chi connectivity index (χ0n) is 14.4. The number of fused-ring (bicyclic) bond motifs is 2. The molecule has 0 radical (unpaired) electrons. The Balaban J connectivity index is 1.42. The highest BCUT2D eigenvalue weighted by Crippen LogP contribution is 2.38. The van der Waals surface area contributed by atoms with Crippen molar-refractivity contribution in [2.24, 2.45) is 5.92 Å². The van der Waals surface area contributed by atoms with Crippen LogP contribution >= 0.6 is 0 Å². The van der Waals surface area contributed by atoms with Gasteiger partial charge in [0.2, 0.25) is 12.7 Å². The molecule has 1 amide bonds. The van der Waals surface area contributed by atoms with Crippen LogP contribution in [0.4, 0.5) is 0 Å². The van der Waals surface area contributed by atoms with Crippen LogP contribution in [0.5, 0.6) is 11.5 Å². The first-order chi connectivity index (χ1) is 12.8. The molecule has 0 bridgehead atoms. The summed E-state index contributed by atoms with van der Waals surface area (Å²) < 4.78 is 16.4. The Morgan fingerprint density at radius 2 is 2.12 bits per heavy atom. The number of aromatic nitrogens is 1. The van der Waals surface area contributed by atoms with Crippen molar-refractivity contribution in [3.63, 3.8) is 0 Å². The van der Waals surface area contributed by atoms with Crippen LogP contribution < -0.4 is 9.47 Å². The van der Waals surface area contributed by atoms with E-state index in [0.717, 1.165) is 53.3 Å². The number of carbonyl (C=O) groups is 1. The van der Waals surface area contributed by atoms with Gasteiger partial charge in [-0.1, -0.05) is 17.3 Å². The highest BCUT2D eigenvalue weighted by molar-refractivity contribution is 5.80. The predicted octanol–water partition coefficient (Wildman–Crippen LogP) is 3.31. The molecule has 2 aliphatic heterocycles. The second kappa shape index (κ2) is 6.20. The van der Waals surface area contributed by atoms with Gasteiger partial charge in [0.1, 0.15) is 11.5 Å². The van der Waals surface area contributed by atoms with Gasteiger partial charge in [-0.25, -0.2) is 0 Å². The number of allylic oxidation sites excluding steroid dienone is 2. The van der Waals surface area contributed by atoms with Crippen LogP contribution in [0.15, 0.2) is 34.9 Å². The summed E-state index contributed by atoms with van der Waals surface area (Å²) in [5.41, 5.74) is 2.73. The average molecular weight is 352 g/mol. The normalized spacial score (nSPS) is 20.9. The molecule has 5 rings (SSSR count). The minimum Gasteiger partial charge on any atom is -0.454 e. The molecule has 6 nitrogen and oxygen atoms in total. The van der Waals surface area contributed by atoms with Gasteiger partial charge in [-0.3, -0.25) is 4.79 Å². The molecule has 3 heterocycles. The van der Waals surface area contributed by atoms with Crippen molar-refractivity contribution in [2.75, 3.05) is 13.3 Å². The second-order valence-corrected chi connectivity index (χ2v) is 6.99. The molecule has 6 heteroatoms. The molecular formula is C20H20N2O4. The maximum absolute atomic E-state index is 12.9. The summed E-state index contributed by atoms with van der Waals surface area (Å²) in [5, 5.41) is 4.28. The van der Waals surface area contributed by atoms with Gasteiger partial charge in [-0.2, -0.15) is 0 Å². The Morgan fingerprint density at radius 1 is 1.19 bits per heavy atom. The van der Waals surface area contributed by atoms with Crippen LogP contribution in [0.2, 0.25) is 0 Å². The van der Waals surface area contributed by atoms with E-state index in [1.54, 1.807) is 0 Å². The third kappa shape index (κ3) is 2.57. The number of nitrogens with zero attached hydrogens (tertiary/aromatic N) is 2. The van der Waals surface area contributed by atoms with E-state index in [9.17, 15) is 4.79 Å². The van der Waals surface area contributed by atoms with Gasteiger partial charge in [0.25, 0.3) is 0 Å². The predicted molar refractivity (Wildman–Crippen MR) is 93.7 cm³/mol. The van der Waals surface area contributed by atoms with Crippen molar-refractivity contribution in [1.82, 2.24) is 10.1 Å². The fourth-order valence-electron chi connectivity index (χ4n) is 3.94. The molecule has 1 atom stereocenters. The SMILES string of the molecule is O=C(C1CC=CCC1)N1CCc2onc(-c3ccc4c(c3)OCO4)c2C1. The first kappa shape index (κ1) is 15.5. The molecule has 2 aromatic rings. The van der Waals surface area contributed by atoms with E-state index in [4.69, 9.17) is 14.0 Å². The smallest absolute Gasteiger partial charge is 0.231 e. The Kier molecular flexibility index (Phi) is 3.69. The lowest BCUT2D eigenvalue weighted by Gasteiger charge is -2.30. The lowest BCUT2D eigenvalue weighted by Crippen LogP contribution is -2.39. The molecule has 1 aliphatic carbocycles. The van der Waals surface area contributed by atoms with Gasteiger partial charge in [0.15, 0.2) is 11.5 Å². The van der Waals surface area contributed by atoms with Crippen LogP contribution in [0.25, 0.3) is 11.3 Å². The first-order valence-electron chi connectivity index (χ1n) is 9.11. The van der Waals surface area contributed by atoms with Crippen LogP contribution in [0.1, 0.15) is 30.6 Å². The fraction of sp³-hybridized carbons (Fsp3) is 0.400.